The van der Waals surface area contributed by atoms with Crippen molar-refractivity contribution in [3.63, 3.8) is 0 Å². The Balaban J connectivity index is 3.21. The molecule has 66 valence electrons. The maximum absolute atomic E-state index is 11.2. The molecule has 5 heteroatoms. The Bertz CT molecular complexity index is 356. The zero-order chi connectivity index (χ0) is 12.6. The van der Waals surface area contributed by atoms with E-state index in [1.54, 1.807) is 0 Å². The number of methoxy groups -OCH3 is 1. The fraction of sp³-hybridized carbons (Fsp3) is 0.571. The topological polar surface area (TPSA) is 59.0 Å². The summed E-state index contributed by atoms with van der Waals surface area (Å²) in [4.78, 5) is 21.7. The van der Waals surface area contributed by atoms with Crippen LogP contribution in [0.1, 0.15) is 11.9 Å². The molecule has 0 atom stereocenters. The SMILES string of the molecule is [2H]C1([2H])CC=C(C(=O)OC)C([2H])([2H])N1N=O. The first kappa shape index (κ1) is 4.59. The molecule has 1 rings (SSSR count). The quantitative estimate of drug-likeness (QED) is 0.451. The molecule has 1 aliphatic rings. The lowest BCUT2D eigenvalue weighted by Crippen LogP contribution is -2.27. The predicted molar refractivity (Wildman–Crippen MR) is 42.1 cm³/mol. The number of hydrogen-bond donors (Lipinski definition) is 0. The molecule has 0 spiro atoms. The smallest absolute Gasteiger partial charge is 0.335 e. The molecule has 0 unspecified atom stereocenters. The van der Waals surface area contributed by atoms with Crippen molar-refractivity contribution in [2.75, 3.05) is 20.1 Å². The van der Waals surface area contributed by atoms with Gasteiger partial charge in [0.05, 0.1) is 29.9 Å². The average Bonchev–Trinajstić information content (AvgIpc) is 2.15. The molecular weight excluding hydrogens is 160 g/mol. The van der Waals surface area contributed by atoms with Crippen LogP contribution in [0.3, 0.4) is 0 Å². The van der Waals surface area contributed by atoms with E-state index in [1.807, 2.05) is 0 Å². The van der Waals surface area contributed by atoms with E-state index in [0.29, 0.717) is 0 Å². The van der Waals surface area contributed by atoms with E-state index in [-0.39, 0.29) is 11.4 Å². The molecule has 0 saturated carbocycles. The highest BCUT2D eigenvalue weighted by Gasteiger charge is 2.17. The number of carbonyl (C=O) groups is 1. The van der Waals surface area contributed by atoms with Gasteiger partial charge in [0.1, 0.15) is 0 Å². The van der Waals surface area contributed by atoms with Gasteiger partial charge in [-0.05, 0) is 6.42 Å². The van der Waals surface area contributed by atoms with E-state index >= 15 is 0 Å². The number of rotatable bonds is 2. The van der Waals surface area contributed by atoms with Crippen LogP contribution in [0.25, 0.3) is 0 Å². The van der Waals surface area contributed by atoms with Gasteiger partial charge < -0.3 is 4.74 Å². The summed E-state index contributed by atoms with van der Waals surface area (Å²) in [6.45, 7) is -4.88. The van der Waals surface area contributed by atoms with Crippen LogP contribution in [0.2, 0.25) is 0 Å². The number of nitrogens with zero attached hydrogens (tertiary/aromatic N) is 2. The average molecular weight is 174 g/mol. The van der Waals surface area contributed by atoms with Gasteiger partial charge in [-0.1, -0.05) is 6.08 Å². The van der Waals surface area contributed by atoms with Gasteiger partial charge in [-0.15, -0.1) is 4.91 Å². The second-order valence-corrected chi connectivity index (χ2v) is 1.98. The number of carbonyl (C=O) groups excluding carboxylic acids is 1. The number of esters is 1. The molecule has 0 aliphatic carbocycles. The van der Waals surface area contributed by atoms with Crippen LogP contribution in [0.5, 0.6) is 0 Å². The molecule has 0 aromatic heterocycles. The van der Waals surface area contributed by atoms with Crippen molar-refractivity contribution in [2.45, 2.75) is 6.42 Å². The summed E-state index contributed by atoms with van der Waals surface area (Å²) in [5.74, 6) is -0.950. The summed E-state index contributed by atoms with van der Waals surface area (Å²) in [7, 11) is 1.07. The van der Waals surface area contributed by atoms with Crippen molar-refractivity contribution in [3.8, 4) is 0 Å². The lowest BCUT2D eigenvalue weighted by Gasteiger charge is -2.19. The fourth-order valence-corrected chi connectivity index (χ4v) is 0.722. The van der Waals surface area contributed by atoms with Gasteiger partial charge in [0.2, 0.25) is 0 Å². The van der Waals surface area contributed by atoms with E-state index in [2.05, 4.69) is 10.0 Å². The van der Waals surface area contributed by atoms with Gasteiger partial charge in [0.15, 0.2) is 0 Å². The second kappa shape index (κ2) is 3.85. The van der Waals surface area contributed by atoms with Crippen LogP contribution >= 0.6 is 0 Å². The Hall–Kier alpha value is -1.39. The molecule has 0 amide bonds. The van der Waals surface area contributed by atoms with Gasteiger partial charge in [-0.3, -0.25) is 5.01 Å². The summed E-state index contributed by atoms with van der Waals surface area (Å²) in [6, 6.07) is 0. The summed E-state index contributed by atoms with van der Waals surface area (Å²) in [6.07, 6.45) is 0.760. The largest absolute Gasteiger partial charge is 0.466 e. The minimum absolute atomic E-state index is 0.0895. The third kappa shape index (κ3) is 1.81. The molecule has 0 fully saturated rings. The highest BCUT2D eigenvalue weighted by Crippen LogP contribution is 2.10. The van der Waals surface area contributed by atoms with E-state index in [1.165, 1.54) is 0 Å². The first-order valence-electron chi connectivity index (χ1n) is 5.20. The first-order valence-corrected chi connectivity index (χ1v) is 3.20. The Kier molecular flexibility index (Phi) is 1.47. The second-order valence-electron chi connectivity index (χ2n) is 1.98. The minimum Gasteiger partial charge on any atom is -0.466 e. The third-order valence-electron chi connectivity index (χ3n) is 1.26. The lowest BCUT2D eigenvalue weighted by molar-refractivity contribution is -0.136. The van der Waals surface area contributed by atoms with Crippen molar-refractivity contribution < 1.29 is 15.0 Å². The zero-order valence-corrected chi connectivity index (χ0v) is 6.40. The fourth-order valence-electron chi connectivity index (χ4n) is 0.722. The molecule has 0 aromatic rings. The van der Waals surface area contributed by atoms with Gasteiger partial charge in [0.25, 0.3) is 0 Å². The Morgan fingerprint density at radius 3 is 3.25 bits per heavy atom. The highest BCUT2D eigenvalue weighted by molar-refractivity contribution is 5.88. The highest BCUT2D eigenvalue weighted by atomic mass is 16.5. The normalized spacial score (nSPS) is 30.1. The summed E-state index contributed by atoms with van der Waals surface area (Å²) in [5.41, 5.74) is -0.426. The number of nitroso groups, excluding NO2 is 1. The van der Waals surface area contributed by atoms with E-state index < -0.39 is 24.5 Å². The van der Waals surface area contributed by atoms with E-state index in [9.17, 15) is 9.70 Å². The van der Waals surface area contributed by atoms with Crippen molar-refractivity contribution in [3.05, 3.63) is 16.6 Å². The predicted octanol–water partition coefficient (Wildman–Crippen LogP) is 0.473. The summed E-state index contributed by atoms with van der Waals surface area (Å²) >= 11 is 0. The first-order chi connectivity index (χ1) is 7.27. The summed E-state index contributed by atoms with van der Waals surface area (Å²) < 4.78 is 34.2. The molecule has 0 aromatic carbocycles. The molecule has 0 radical (unpaired) electrons. The standard InChI is InChI=1S/C7H10N2O3/c1-12-7(10)6-3-2-4-9(5-6)8-11/h3H,2,4-5H2,1H3/i4D2,5D2. The van der Waals surface area contributed by atoms with Crippen LogP contribution in [0.4, 0.5) is 0 Å². The Morgan fingerprint density at radius 1 is 1.92 bits per heavy atom. The van der Waals surface area contributed by atoms with Gasteiger partial charge in [-0.2, -0.15) is 0 Å². The van der Waals surface area contributed by atoms with Crippen LogP contribution in [-0.4, -0.2) is 31.1 Å². The van der Waals surface area contributed by atoms with Crippen molar-refractivity contribution in [1.82, 2.24) is 5.01 Å². The molecule has 1 heterocycles. The minimum atomic E-state index is -2.61. The molecule has 1 aliphatic heterocycles. The van der Waals surface area contributed by atoms with Crippen molar-refractivity contribution in [2.24, 2.45) is 5.29 Å². The molecule has 0 saturated heterocycles. The van der Waals surface area contributed by atoms with Crippen LogP contribution in [-0.2, 0) is 9.53 Å². The van der Waals surface area contributed by atoms with E-state index in [0.717, 1.165) is 13.2 Å². The third-order valence-corrected chi connectivity index (χ3v) is 1.26. The Morgan fingerprint density at radius 2 is 2.67 bits per heavy atom. The molecule has 12 heavy (non-hydrogen) atoms. The summed E-state index contributed by atoms with van der Waals surface area (Å²) in [5, 5.41) is 2.39. The van der Waals surface area contributed by atoms with Gasteiger partial charge >= 0.3 is 5.97 Å². The monoisotopic (exact) mass is 174 g/mol. The molecule has 0 bridgehead atoms. The maximum Gasteiger partial charge on any atom is 0.335 e. The lowest BCUT2D eigenvalue weighted by atomic mass is 10.1. The van der Waals surface area contributed by atoms with Crippen LogP contribution in [0.15, 0.2) is 16.9 Å². The van der Waals surface area contributed by atoms with Crippen molar-refractivity contribution >= 4 is 5.97 Å². The molecule has 5 nitrogen and oxygen atoms in total. The van der Waals surface area contributed by atoms with Gasteiger partial charge in [-0.25, -0.2) is 4.79 Å². The van der Waals surface area contributed by atoms with Gasteiger partial charge in [0, 0.05) is 6.50 Å². The zero-order valence-electron chi connectivity index (χ0n) is 10.4. The maximum atomic E-state index is 11.2. The van der Waals surface area contributed by atoms with Crippen molar-refractivity contribution in [1.29, 1.82) is 0 Å². The number of hydrogen-bond acceptors (Lipinski definition) is 4. The molecular formula is C7H10N2O3. The van der Waals surface area contributed by atoms with Crippen LogP contribution in [0, 0.1) is 4.91 Å². The van der Waals surface area contributed by atoms with Crippen LogP contribution < -0.4 is 0 Å². The van der Waals surface area contributed by atoms with E-state index in [4.69, 9.17) is 5.48 Å². The Labute approximate surface area is 75.6 Å². The number of ether oxygens (including phenoxy) is 1. The molecule has 0 N–H and O–H groups in total.